The normalized spacial score (nSPS) is 9.89. The zero-order valence-electron chi connectivity index (χ0n) is 10.4. The lowest BCUT2D eigenvalue weighted by Crippen LogP contribution is -2.11. The van der Waals surface area contributed by atoms with Crippen LogP contribution in [0.5, 0.6) is 0 Å². The van der Waals surface area contributed by atoms with Crippen molar-refractivity contribution in [3.8, 4) is 0 Å². The Morgan fingerprint density at radius 1 is 1.44 bits per heavy atom. The van der Waals surface area contributed by atoms with Crippen LogP contribution in [0.4, 0.5) is 5.13 Å². The number of anilines is 1. The highest BCUT2D eigenvalue weighted by Crippen LogP contribution is 2.15. The smallest absolute Gasteiger partial charge is 0.311 e. The van der Waals surface area contributed by atoms with Crippen molar-refractivity contribution in [2.75, 3.05) is 25.6 Å². The van der Waals surface area contributed by atoms with Crippen molar-refractivity contribution >= 4 is 28.4 Å². The number of esters is 2. The summed E-state index contributed by atoms with van der Waals surface area (Å²) in [7, 11) is 1.34. The lowest BCUT2D eigenvalue weighted by molar-refractivity contribution is -0.143. The summed E-state index contributed by atoms with van der Waals surface area (Å²) in [5, 5.41) is 5.46. The zero-order chi connectivity index (χ0) is 13.4. The van der Waals surface area contributed by atoms with Crippen molar-refractivity contribution in [1.82, 2.24) is 4.98 Å². The van der Waals surface area contributed by atoms with Gasteiger partial charge in [-0.2, -0.15) is 0 Å². The average Bonchev–Trinajstić information content (AvgIpc) is 2.77. The SMILES string of the molecule is CCOC(=O)CCNc1nc(CC(=O)OC)cs1. The van der Waals surface area contributed by atoms with Gasteiger partial charge in [0.1, 0.15) is 0 Å². The van der Waals surface area contributed by atoms with E-state index in [2.05, 4.69) is 15.0 Å². The monoisotopic (exact) mass is 272 g/mol. The number of rotatable bonds is 7. The molecule has 1 aromatic rings. The number of carbonyl (C=O) groups is 2. The standard InChI is InChI=1S/C11H16N2O4S/c1-3-17-9(14)4-5-12-11-13-8(7-18-11)6-10(15)16-2/h7H,3-6H2,1-2H3,(H,12,13). The summed E-state index contributed by atoms with van der Waals surface area (Å²) in [6.45, 7) is 2.62. The van der Waals surface area contributed by atoms with E-state index in [9.17, 15) is 9.59 Å². The van der Waals surface area contributed by atoms with E-state index in [4.69, 9.17) is 4.74 Å². The Morgan fingerprint density at radius 2 is 2.22 bits per heavy atom. The van der Waals surface area contributed by atoms with Crippen molar-refractivity contribution < 1.29 is 19.1 Å². The van der Waals surface area contributed by atoms with Crippen LogP contribution >= 0.6 is 11.3 Å². The van der Waals surface area contributed by atoms with Gasteiger partial charge in [-0.3, -0.25) is 9.59 Å². The first kappa shape index (κ1) is 14.4. The first-order chi connectivity index (χ1) is 8.65. The third-order valence-corrected chi connectivity index (χ3v) is 2.86. The number of ether oxygens (including phenoxy) is 2. The second kappa shape index (κ2) is 7.65. The van der Waals surface area contributed by atoms with E-state index in [1.54, 1.807) is 12.3 Å². The molecule has 6 nitrogen and oxygen atoms in total. The molecular formula is C11H16N2O4S. The fraction of sp³-hybridized carbons (Fsp3) is 0.545. The summed E-state index contributed by atoms with van der Waals surface area (Å²) >= 11 is 1.38. The summed E-state index contributed by atoms with van der Waals surface area (Å²) in [5.74, 6) is -0.560. The van der Waals surface area contributed by atoms with Crippen molar-refractivity contribution in [2.45, 2.75) is 19.8 Å². The molecule has 0 amide bonds. The van der Waals surface area contributed by atoms with E-state index in [1.165, 1.54) is 18.4 Å². The van der Waals surface area contributed by atoms with Gasteiger partial charge in [0.05, 0.1) is 32.3 Å². The van der Waals surface area contributed by atoms with Gasteiger partial charge < -0.3 is 14.8 Å². The molecule has 0 bridgehead atoms. The number of methoxy groups -OCH3 is 1. The topological polar surface area (TPSA) is 77.5 Å². The highest BCUT2D eigenvalue weighted by Gasteiger charge is 2.08. The molecule has 100 valence electrons. The van der Waals surface area contributed by atoms with Crippen LogP contribution in [0.15, 0.2) is 5.38 Å². The predicted octanol–water partition coefficient (Wildman–Crippen LogP) is 1.22. The molecule has 0 aliphatic heterocycles. The molecule has 1 aromatic heterocycles. The first-order valence-electron chi connectivity index (χ1n) is 5.56. The largest absolute Gasteiger partial charge is 0.469 e. The number of hydrogen-bond donors (Lipinski definition) is 1. The Kier molecular flexibility index (Phi) is 6.13. The summed E-state index contributed by atoms with van der Waals surface area (Å²) in [6, 6.07) is 0. The molecule has 0 atom stereocenters. The minimum absolute atomic E-state index is 0.159. The van der Waals surface area contributed by atoms with Crippen molar-refractivity contribution in [3.05, 3.63) is 11.1 Å². The molecule has 0 aromatic carbocycles. The molecule has 0 aliphatic carbocycles. The molecular weight excluding hydrogens is 256 g/mol. The Hall–Kier alpha value is -1.63. The Bertz CT molecular complexity index is 406. The summed E-state index contributed by atoms with van der Waals surface area (Å²) in [4.78, 5) is 26.3. The molecule has 1 heterocycles. The highest BCUT2D eigenvalue weighted by atomic mass is 32.1. The minimum Gasteiger partial charge on any atom is -0.469 e. The van der Waals surface area contributed by atoms with Gasteiger partial charge in [-0.05, 0) is 6.92 Å². The molecule has 0 saturated heterocycles. The van der Waals surface area contributed by atoms with Crippen LogP contribution in [0.25, 0.3) is 0 Å². The second-order valence-electron chi connectivity index (χ2n) is 3.38. The van der Waals surface area contributed by atoms with Crippen molar-refractivity contribution in [2.24, 2.45) is 0 Å². The molecule has 0 unspecified atom stereocenters. The molecule has 0 fully saturated rings. The summed E-state index contributed by atoms with van der Waals surface area (Å²) in [6.07, 6.45) is 0.451. The van der Waals surface area contributed by atoms with Crippen LogP contribution in [0.3, 0.4) is 0 Å². The van der Waals surface area contributed by atoms with Gasteiger partial charge in [0.2, 0.25) is 0 Å². The molecule has 7 heteroatoms. The molecule has 0 saturated carbocycles. The fourth-order valence-electron chi connectivity index (χ4n) is 1.19. The third kappa shape index (κ3) is 5.13. The molecule has 0 radical (unpaired) electrons. The highest BCUT2D eigenvalue weighted by molar-refractivity contribution is 7.13. The molecule has 1 N–H and O–H groups in total. The second-order valence-corrected chi connectivity index (χ2v) is 4.24. The van der Waals surface area contributed by atoms with Crippen LogP contribution in [0.1, 0.15) is 19.0 Å². The number of thiazole rings is 1. The van der Waals surface area contributed by atoms with Crippen LogP contribution < -0.4 is 5.32 Å². The maximum Gasteiger partial charge on any atom is 0.311 e. The number of hydrogen-bond acceptors (Lipinski definition) is 7. The van der Waals surface area contributed by atoms with E-state index in [1.807, 2.05) is 0 Å². The number of carbonyl (C=O) groups excluding carboxylic acids is 2. The van der Waals surface area contributed by atoms with Crippen molar-refractivity contribution in [1.29, 1.82) is 0 Å². The Labute approximate surface area is 109 Å². The van der Waals surface area contributed by atoms with Gasteiger partial charge >= 0.3 is 11.9 Å². The van der Waals surface area contributed by atoms with Crippen LogP contribution in [-0.4, -0.2) is 37.2 Å². The van der Waals surface area contributed by atoms with Gasteiger partial charge in [-0.15, -0.1) is 11.3 Å². The molecule has 0 spiro atoms. The van der Waals surface area contributed by atoms with E-state index in [-0.39, 0.29) is 18.4 Å². The molecule has 0 aliphatic rings. The Morgan fingerprint density at radius 3 is 2.89 bits per heavy atom. The predicted molar refractivity (Wildman–Crippen MR) is 67.6 cm³/mol. The maximum atomic E-state index is 11.1. The van der Waals surface area contributed by atoms with E-state index < -0.39 is 0 Å². The van der Waals surface area contributed by atoms with Gasteiger partial charge in [-0.25, -0.2) is 4.98 Å². The number of nitrogens with zero attached hydrogens (tertiary/aromatic N) is 1. The van der Waals surface area contributed by atoms with Gasteiger partial charge in [0.25, 0.3) is 0 Å². The quantitative estimate of drug-likeness (QED) is 0.752. The van der Waals surface area contributed by atoms with E-state index in [0.717, 1.165) is 0 Å². The van der Waals surface area contributed by atoms with E-state index in [0.29, 0.717) is 30.4 Å². The van der Waals surface area contributed by atoms with Crippen molar-refractivity contribution in [3.63, 3.8) is 0 Å². The van der Waals surface area contributed by atoms with E-state index >= 15 is 0 Å². The molecule has 18 heavy (non-hydrogen) atoms. The summed E-state index contributed by atoms with van der Waals surface area (Å²) < 4.78 is 9.34. The number of nitrogens with one attached hydrogen (secondary N) is 1. The lowest BCUT2D eigenvalue weighted by Gasteiger charge is -2.02. The van der Waals surface area contributed by atoms with Crippen LogP contribution in [-0.2, 0) is 25.5 Å². The summed E-state index contributed by atoms with van der Waals surface area (Å²) in [5.41, 5.74) is 0.658. The van der Waals surface area contributed by atoms with Crippen LogP contribution in [0.2, 0.25) is 0 Å². The fourth-order valence-corrected chi connectivity index (χ4v) is 1.93. The van der Waals surface area contributed by atoms with Gasteiger partial charge in [0, 0.05) is 11.9 Å². The number of aromatic nitrogens is 1. The lowest BCUT2D eigenvalue weighted by atomic mass is 10.3. The minimum atomic E-state index is -0.321. The molecule has 1 rings (SSSR count). The maximum absolute atomic E-state index is 11.1. The first-order valence-corrected chi connectivity index (χ1v) is 6.44. The van der Waals surface area contributed by atoms with Crippen LogP contribution in [0, 0.1) is 0 Å². The average molecular weight is 272 g/mol. The third-order valence-electron chi connectivity index (χ3n) is 2.02. The van der Waals surface area contributed by atoms with Gasteiger partial charge in [0.15, 0.2) is 5.13 Å². The zero-order valence-corrected chi connectivity index (χ0v) is 11.2. The Balaban J connectivity index is 2.31. The van der Waals surface area contributed by atoms with Gasteiger partial charge in [-0.1, -0.05) is 0 Å².